The highest BCUT2D eigenvalue weighted by Gasteiger charge is 2.36. The smallest absolute Gasteiger partial charge is 0.244 e. The van der Waals surface area contributed by atoms with Crippen LogP contribution in [0, 0.1) is 11.7 Å². The van der Waals surface area contributed by atoms with E-state index in [9.17, 15) is 14.3 Å². The van der Waals surface area contributed by atoms with Crippen LogP contribution in [0.2, 0.25) is 5.02 Å². The molecule has 0 aliphatic carbocycles. The van der Waals surface area contributed by atoms with E-state index in [0.29, 0.717) is 34.7 Å². The van der Waals surface area contributed by atoms with Gasteiger partial charge in [-0.2, -0.15) is 0 Å². The molecule has 0 saturated carbocycles. The van der Waals surface area contributed by atoms with Crippen LogP contribution in [0.1, 0.15) is 6.92 Å². The Balaban J connectivity index is 1.47. The van der Waals surface area contributed by atoms with E-state index in [1.165, 1.54) is 12.1 Å². The van der Waals surface area contributed by atoms with Gasteiger partial charge in [-0.1, -0.05) is 18.5 Å². The third-order valence-corrected chi connectivity index (χ3v) is 5.97. The van der Waals surface area contributed by atoms with Crippen molar-refractivity contribution in [2.75, 3.05) is 30.3 Å². The van der Waals surface area contributed by atoms with Gasteiger partial charge in [0, 0.05) is 47.1 Å². The summed E-state index contributed by atoms with van der Waals surface area (Å²) in [6, 6.07) is 12.6. The molecule has 1 aliphatic rings. The third-order valence-electron chi connectivity index (χ3n) is 5.71. The van der Waals surface area contributed by atoms with Gasteiger partial charge in [0.2, 0.25) is 5.91 Å². The third kappa shape index (κ3) is 4.79. The van der Waals surface area contributed by atoms with Crippen molar-refractivity contribution in [2.45, 2.75) is 19.0 Å². The average Bonchev–Trinajstić information content (AvgIpc) is 3.10. The minimum Gasteiger partial charge on any atom is -0.394 e. The molecule has 0 bridgehead atoms. The molecule has 162 valence electrons. The number of rotatable bonds is 6. The Labute approximate surface area is 185 Å². The Morgan fingerprint density at radius 3 is 2.77 bits per heavy atom. The molecule has 2 heterocycles. The van der Waals surface area contributed by atoms with Gasteiger partial charge in [-0.05, 0) is 54.4 Å². The molecule has 8 heteroatoms. The van der Waals surface area contributed by atoms with E-state index in [-0.39, 0.29) is 30.3 Å². The molecule has 3 unspecified atom stereocenters. The molecular weight excluding hydrogens is 419 g/mol. The minimum atomic E-state index is -0.670. The number of nitrogens with one attached hydrogen (secondary N) is 2. The monoisotopic (exact) mass is 442 g/mol. The molecule has 1 aliphatic heterocycles. The average molecular weight is 443 g/mol. The summed E-state index contributed by atoms with van der Waals surface area (Å²) in [5.41, 5.74) is 2.14. The van der Waals surface area contributed by atoms with Gasteiger partial charge >= 0.3 is 0 Å². The first-order valence-corrected chi connectivity index (χ1v) is 10.5. The van der Waals surface area contributed by atoms with Crippen molar-refractivity contribution in [3.8, 4) is 0 Å². The topological polar surface area (TPSA) is 77.5 Å². The molecule has 3 N–H and O–H groups in total. The summed E-state index contributed by atoms with van der Waals surface area (Å²) < 4.78 is 13.8. The number of amides is 1. The van der Waals surface area contributed by atoms with E-state index >= 15 is 0 Å². The van der Waals surface area contributed by atoms with E-state index in [0.717, 1.165) is 5.69 Å². The number of aliphatic hydroxyl groups excluding tert-OH is 1. The summed E-state index contributed by atoms with van der Waals surface area (Å²) in [5.74, 6) is -0.368. The van der Waals surface area contributed by atoms with Crippen LogP contribution < -0.4 is 10.6 Å². The maximum atomic E-state index is 13.8. The van der Waals surface area contributed by atoms with Gasteiger partial charge < -0.3 is 15.7 Å². The van der Waals surface area contributed by atoms with Crippen molar-refractivity contribution in [1.82, 2.24) is 9.88 Å². The second-order valence-electron chi connectivity index (χ2n) is 7.90. The number of aliphatic hydroxyl groups is 1. The van der Waals surface area contributed by atoms with Crippen LogP contribution in [0.4, 0.5) is 15.8 Å². The Kier molecular flexibility index (Phi) is 6.36. The number of fused-ring (bicyclic) bond motifs is 1. The Morgan fingerprint density at radius 1 is 1.26 bits per heavy atom. The van der Waals surface area contributed by atoms with Crippen LogP contribution in [0.15, 0.2) is 54.7 Å². The van der Waals surface area contributed by atoms with Crippen molar-refractivity contribution in [1.29, 1.82) is 0 Å². The lowest BCUT2D eigenvalue weighted by molar-refractivity contribution is -0.122. The van der Waals surface area contributed by atoms with Crippen LogP contribution in [0.25, 0.3) is 10.9 Å². The minimum absolute atomic E-state index is 0.0336. The first-order valence-electron chi connectivity index (χ1n) is 10.2. The quantitative estimate of drug-likeness (QED) is 0.542. The lowest BCUT2D eigenvalue weighted by atomic mass is 10.1. The SMILES string of the molecule is CC1CN(C(CO)C(=O)Nc2ccc(Cl)cc2)CC1Nc1ccnc2ccc(F)cc12. The highest BCUT2D eigenvalue weighted by Crippen LogP contribution is 2.28. The number of nitrogens with zero attached hydrogens (tertiary/aromatic N) is 2. The zero-order valence-electron chi connectivity index (χ0n) is 17.1. The second kappa shape index (κ2) is 9.18. The van der Waals surface area contributed by atoms with Gasteiger partial charge in [0.15, 0.2) is 0 Å². The van der Waals surface area contributed by atoms with E-state index in [1.807, 2.05) is 11.0 Å². The molecule has 31 heavy (non-hydrogen) atoms. The van der Waals surface area contributed by atoms with Crippen LogP contribution in [0.3, 0.4) is 0 Å². The van der Waals surface area contributed by atoms with E-state index in [1.54, 1.807) is 36.5 Å². The number of pyridine rings is 1. The van der Waals surface area contributed by atoms with Gasteiger partial charge in [0.1, 0.15) is 11.9 Å². The van der Waals surface area contributed by atoms with Crippen molar-refractivity contribution < 1.29 is 14.3 Å². The number of likely N-dealkylation sites (tertiary alicyclic amines) is 1. The van der Waals surface area contributed by atoms with Gasteiger partial charge in [-0.15, -0.1) is 0 Å². The zero-order chi connectivity index (χ0) is 22.0. The Morgan fingerprint density at radius 2 is 2.03 bits per heavy atom. The largest absolute Gasteiger partial charge is 0.394 e. The summed E-state index contributed by atoms with van der Waals surface area (Å²) in [5, 5.41) is 17.5. The number of carbonyl (C=O) groups is 1. The number of halogens is 2. The molecule has 0 spiro atoms. The van der Waals surface area contributed by atoms with Crippen LogP contribution in [-0.2, 0) is 4.79 Å². The Bertz CT molecular complexity index is 1080. The normalized spacial score (nSPS) is 20.0. The molecule has 1 fully saturated rings. The fraction of sp³-hybridized carbons (Fsp3) is 0.304. The van der Waals surface area contributed by atoms with Gasteiger partial charge in [-0.25, -0.2) is 4.39 Å². The predicted octanol–water partition coefficient (Wildman–Crippen LogP) is 3.76. The molecule has 2 aromatic carbocycles. The van der Waals surface area contributed by atoms with E-state index < -0.39 is 6.04 Å². The van der Waals surface area contributed by atoms with Crippen molar-refractivity contribution in [3.05, 3.63) is 65.6 Å². The van der Waals surface area contributed by atoms with E-state index in [4.69, 9.17) is 11.6 Å². The van der Waals surface area contributed by atoms with Gasteiger partial charge in [0.05, 0.1) is 12.1 Å². The molecular formula is C23H24ClFN4O2. The summed E-state index contributed by atoms with van der Waals surface area (Å²) in [6.45, 7) is 3.02. The first-order chi connectivity index (χ1) is 14.9. The molecule has 1 saturated heterocycles. The highest BCUT2D eigenvalue weighted by molar-refractivity contribution is 6.30. The van der Waals surface area contributed by atoms with Crippen molar-refractivity contribution >= 4 is 39.8 Å². The molecule has 3 atom stereocenters. The summed E-state index contributed by atoms with van der Waals surface area (Å²) in [4.78, 5) is 19.0. The molecule has 1 aromatic heterocycles. The number of benzene rings is 2. The first kappa shape index (κ1) is 21.5. The lowest BCUT2D eigenvalue weighted by Gasteiger charge is -2.25. The molecule has 0 radical (unpaired) electrons. The highest BCUT2D eigenvalue weighted by atomic mass is 35.5. The number of aromatic nitrogens is 1. The molecule has 3 aromatic rings. The number of hydrogen-bond acceptors (Lipinski definition) is 5. The number of carbonyl (C=O) groups excluding carboxylic acids is 1. The van der Waals surface area contributed by atoms with Crippen molar-refractivity contribution in [3.63, 3.8) is 0 Å². The second-order valence-corrected chi connectivity index (χ2v) is 8.33. The lowest BCUT2D eigenvalue weighted by Crippen LogP contribution is -2.46. The molecule has 1 amide bonds. The Hall–Kier alpha value is -2.74. The maximum absolute atomic E-state index is 13.8. The van der Waals surface area contributed by atoms with Gasteiger partial charge in [0.25, 0.3) is 0 Å². The van der Waals surface area contributed by atoms with Crippen molar-refractivity contribution in [2.24, 2.45) is 5.92 Å². The summed E-state index contributed by atoms with van der Waals surface area (Å²) >= 11 is 5.89. The van der Waals surface area contributed by atoms with E-state index in [2.05, 4.69) is 22.5 Å². The summed E-state index contributed by atoms with van der Waals surface area (Å²) in [7, 11) is 0. The molecule has 4 rings (SSSR count). The molecule has 6 nitrogen and oxygen atoms in total. The number of hydrogen-bond donors (Lipinski definition) is 3. The van der Waals surface area contributed by atoms with Crippen LogP contribution in [-0.4, -0.2) is 52.7 Å². The fourth-order valence-electron chi connectivity index (χ4n) is 4.01. The standard InChI is InChI=1S/C23H24ClFN4O2/c1-14-11-29(22(13-30)23(31)27-17-5-2-15(24)3-6-17)12-21(14)28-20-8-9-26-19-7-4-16(25)10-18(19)20/h2-10,14,21-22,30H,11-13H2,1H3,(H,26,28)(H,27,31). The predicted molar refractivity (Wildman–Crippen MR) is 121 cm³/mol. The number of anilines is 2. The fourth-order valence-corrected chi connectivity index (χ4v) is 4.14. The summed E-state index contributed by atoms with van der Waals surface area (Å²) in [6.07, 6.45) is 1.69. The van der Waals surface area contributed by atoms with Crippen LogP contribution >= 0.6 is 11.6 Å². The maximum Gasteiger partial charge on any atom is 0.244 e. The van der Waals surface area contributed by atoms with Gasteiger partial charge in [-0.3, -0.25) is 14.7 Å². The zero-order valence-corrected chi connectivity index (χ0v) is 17.8. The van der Waals surface area contributed by atoms with Crippen LogP contribution in [0.5, 0.6) is 0 Å².